The number of carbonyl (C=O) groups excluding carboxylic acids is 1. The van der Waals surface area contributed by atoms with Crippen LogP contribution >= 0.6 is 0 Å². The average Bonchev–Trinajstić information content (AvgIpc) is 3.41. The van der Waals surface area contributed by atoms with Crippen LogP contribution in [0.4, 0.5) is 0 Å². The van der Waals surface area contributed by atoms with Crippen molar-refractivity contribution in [2.75, 3.05) is 26.9 Å². The summed E-state index contributed by atoms with van der Waals surface area (Å²) in [4.78, 5) is 17.2. The minimum absolute atomic E-state index is 0.149. The van der Waals surface area contributed by atoms with Crippen LogP contribution in [0.2, 0.25) is 0 Å². The molecule has 7 heteroatoms. The summed E-state index contributed by atoms with van der Waals surface area (Å²) in [7, 11) is 1.66. The molecule has 1 saturated heterocycles. The lowest BCUT2D eigenvalue weighted by molar-refractivity contribution is -0.116. The van der Waals surface area contributed by atoms with E-state index in [0.717, 1.165) is 41.1 Å². The van der Waals surface area contributed by atoms with Crippen LogP contribution in [0, 0.1) is 0 Å². The largest absolute Gasteiger partial charge is 0.497 e. The molecule has 0 atom stereocenters. The number of aromatic nitrogens is 3. The molecular formula is C30H30N4O3. The molecule has 188 valence electrons. The van der Waals surface area contributed by atoms with Crippen LogP contribution in [-0.4, -0.2) is 47.5 Å². The fraction of sp³-hybridized carbons (Fsp3) is 0.233. The predicted octanol–water partition coefficient (Wildman–Crippen LogP) is 4.82. The van der Waals surface area contributed by atoms with Crippen molar-refractivity contribution in [3.05, 3.63) is 103 Å². The second-order valence-corrected chi connectivity index (χ2v) is 9.13. The van der Waals surface area contributed by atoms with E-state index < -0.39 is 0 Å². The van der Waals surface area contributed by atoms with E-state index in [2.05, 4.69) is 22.4 Å². The van der Waals surface area contributed by atoms with Crippen LogP contribution in [0.25, 0.3) is 23.0 Å². The third kappa shape index (κ3) is 5.62. The van der Waals surface area contributed by atoms with Gasteiger partial charge in [0.15, 0.2) is 0 Å². The molecule has 1 aliphatic heterocycles. The number of hydrogen-bond donors (Lipinski definition) is 1. The summed E-state index contributed by atoms with van der Waals surface area (Å²) in [6, 6.07) is 21.9. The van der Waals surface area contributed by atoms with Crippen LogP contribution < -0.4 is 10.1 Å². The van der Waals surface area contributed by atoms with Crippen molar-refractivity contribution < 1.29 is 14.3 Å². The van der Waals surface area contributed by atoms with E-state index in [1.807, 2.05) is 71.6 Å². The van der Waals surface area contributed by atoms with Crippen LogP contribution in [0.15, 0.2) is 91.4 Å². The van der Waals surface area contributed by atoms with Gasteiger partial charge in [-0.1, -0.05) is 30.3 Å². The van der Waals surface area contributed by atoms with Gasteiger partial charge in [-0.3, -0.25) is 9.78 Å². The molecule has 0 saturated carbocycles. The predicted molar refractivity (Wildman–Crippen MR) is 144 cm³/mol. The quantitative estimate of drug-likeness (QED) is 0.355. The second-order valence-electron chi connectivity index (χ2n) is 9.13. The van der Waals surface area contributed by atoms with Gasteiger partial charge in [-0.2, -0.15) is 5.10 Å². The van der Waals surface area contributed by atoms with Crippen LogP contribution in [-0.2, 0) is 14.9 Å². The lowest BCUT2D eigenvalue weighted by Crippen LogP contribution is -2.44. The Hall–Kier alpha value is -4.23. The highest BCUT2D eigenvalue weighted by Gasteiger charge is 2.34. The summed E-state index contributed by atoms with van der Waals surface area (Å²) < 4.78 is 12.8. The Morgan fingerprint density at radius 3 is 2.57 bits per heavy atom. The molecule has 7 nitrogen and oxygen atoms in total. The van der Waals surface area contributed by atoms with Gasteiger partial charge in [-0.25, -0.2) is 4.68 Å². The zero-order valence-corrected chi connectivity index (χ0v) is 20.8. The monoisotopic (exact) mass is 494 g/mol. The zero-order valence-electron chi connectivity index (χ0n) is 20.8. The highest BCUT2D eigenvalue weighted by Crippen LogP contribution is 2.35. The number of ether oxygens (including phenoxy) is 2. The fourth-order valence-corrected chi connectivity index (χ4v) is 4.70. The maximum atomic E-state index is 13.0. The van der Waals surface area contributed by atoms with Gasteiger partial charge >= 0.3 is 0 Å². The Morgan fingerprint density at radius 2 is 1.86 bits per heavy atom. The maximum Gasteiger partial charge on any atom is 0.244 e. The number of para-hydroxylation sites is 1. The lowest BCUT2D eigenvalue weighted by Gasteiger charge is -2.38. The molecule has 0 spiro atoms. The Balaban J connectivity index is 1.35. The number of hydrogen-bond acceptors (Lipinski definition) is 5. The third-order valence-electron chi connectivity index (χ3n) is 6.87. The average molecular weight is 495 g/mol. The summed E-state index contributed by atoms with van der Waals surface area (Å²) in [6.07, 6.45) is 10.5. The number of methoxy groups -OCH3 is 1. The van der Waals surface area contributed by atoms with Crippen molar-refractivity contribution in [1.29, 1.82) is 0 Å². The highest BCUT2D eigenvalue weighted by molar-refractivity contribution is 5.92. The van der Waals surface area contributed by atoms with Gasteiger partial charge in [-0.05, 0) is 60.9 Å². The van der Waals surface area contributed by atoms with E-state index in [-0.39, 0.29) is 11.3 Å². The molecule has 1 fully saturated rings. The van der Waals surface area contributed by atoms with E-state index in [1.165, 1.54) is 5.56 Å². The Bertz CT molecular complexity index is 1340. The number of amides is 1. The molecule has 2 aromatic carbocycles. The van der Waals surface area contributed by atoms with Crippen molar-refractivity contribution in [2.24, 2.45) is 0 Å². The zero-order chi connectivity index (χ0) is 25.5. The molecular weight excluding hydrogens is 464 g/mol. The molecule has 2 aromatic heterocycles. The molecule has 5 rings (SSSR count). The summed E-state index contributed by atoms with van der Waals surface area (Å²) >= 11 is 0. The molecule has 37 heavy (non-hydrogen) atoms. The van der Waals surface area contributed by atoms with Crippen molar-refractivity contribution in [2.45, 2.75) is 18.3 Å². The molecule has 3 heterocycles. The van der Waals surface area contributed by atoms with Crippen molar-refractivity contribution >= 4 is 12.0 Å². The number of rotatable bonds is 8. The normalized spacial score (nSPS) is 14.9. The number of carbonyl (C=O) groups is 1. The van der Waals surface area contributed by atoms with Gasteiger partial charge in [0.05, 0.1) is 12.8 Å². The van der Waals surface area contributed by atoms with Crippen molar-refractivity contribution in [3.8, 4) is 22.7 Å². The van der Waals surface area contributed by atoms with E-state index in [4.69, 9.17) is 14.6 Å². The molecule has 1 amide bonds. The first-order chi connectivity index (χ1) is 18.2. The first-order valence-corrected chi connectivity index (χ1v) is 12.4. The van der Waals surface area contributed by atoms with E-state index in [0.29, 0.717) is 19.8 Å². The van der Waals surface area contributed by atoms with Crippen molar-refractivity contribution in [1.82, 2.24) is 20.1 Å². The first-order valence-electron chi connectivity index (χ1n) is 12.4. The topological polar surface area (TPSA) is 78.3 Å². The SMILES string of the molecule is COc1ccc(C2(CNC(=O)/C=C/c3cn(-c4ccccc4)nc3-c3cccnc3)CCOCC2)cc1. The fourth-order valence-electron chi connectivity index (χ4n) is 4.70. The molecule has 0 bridgehead atoms. The van der Waals surface area contributed by atoms with Gasteiger partial charge in [-0.15, -0.1) is 0 Å². The summed E-state index contributed by atoms with van der Waals surface area (Å²) in [5.41, 5.74) is 4.44. The molecule has 0 aliphatic carbocycles. The second kappa shape index (κ2) is 11.2. The Kier molecular flexibility index (Phi) is 7.42. The van der Waals surface area contributed by atoms with Gasteiger partial charge in [0, 0.05) is 61.0 Å². The third-order valence-corrected chi connectivity index (χ3v) is 6.87. The minimum Gasteiger partial charge on any atom is -0.497 e. The standard InChI is InChI=1S/C30H30N4O3/c1-36-27-12-10-25(11-13-27)30(15-18-37-19-16-30)22-32-28(35)14-9-24-21-34(26-7-3-2-4-8-26)33-29(24)23-6-5-17-31-20-23/h2-14,17,20-21H,15-16,18-19,22H2,1H3,(H,32,35)/b14-9+. The van der Waals surface area contributed by atoms with Gasteiger partial charge in [0.1, 0.15) is 11.4 Å². The molecule has 4 aromatic rings. The van der Waals surface area contributed by atoms with Crippen LogP contribution in [0.3, 0.4) is 0 Å². The van der Waals surface area contributed by atoms with Crippen molar-refractivity contribution in [3.63, 3.8) is 0 Å². The van der Waals surface area contributed by atoms with Gasteiger partial charge in [0.25, 0.3) is 0 Å². The highest BCUT2D eigenvalue weighted by atomic mass is 16.5. The number of nitrogens with one attached hydrogen (secondary N) is 1. The Labute approximate surface area is 216 Å². The summed E-state index contributed by atoms with van der Waals surface area (Å²) in [5.74, 6) is 0.669. The number of pyridine rings is 1. The minimum atomic E-state index is -0.174. The molecule has 0 unspecified atom stereocenters. The number of benzene rings is 2. The lowest BCUT2D eigenvalue weighted by atomic mass is 9.74. The van der Waals surface area contributed by atoms with Crippen LogP contribution in [0.5, 0.6) is 5.75 Å². The van der Waals surface area contributed by atoms with E-state index in [1.54, 1.807) is 25.6 Å². The summed E-state index contributed by atoms with van der Waals surface area (Å²) in [6.45, 7) is 1.88. The smallest absolute Gasteiger partial charge is 0.244 e. The van der Waals surface area contributed by atoms with Gasteiger partial charge < -0.3 is 14.8 Å². The molecule has 1 N–H and O–H groups in total. The molecule has 1 aliphatic rings. The van der Waals surface area contributed by atoms with Gasteiger partial charge in [0.2, 0.25) is 5.91 Å². The Morgan fingerprint density at radius 1 is 1.08 bits per heavy atom. The summed E-state index contributed by atoms with van der Waals surface area (Å²) in [5, 5.41) is 7.92. The van der Waals surface area contributed by atoms with Crippen LogP contribution in [0.1, 0.15) is 24.0 Å². The van der Waals surface area contributed by atoms with E-state index >= 15 is 0 Å². The molecule has 0 radical (unpaired) electrons. The first kappa shape index (κ1) is 24.5. The number of nitrogens with zero attached hydrogens (tertiary/aromatic N) is 3. The van der Waals surface area contributed by atoms with E-state index in [9.17, 15) is 4.79 Å². The maximum absolute atomic E-state index is 13.0.